The largest absolute Gasteiger partial charge is 0.465 e. The van der Waals surface area contributed by atoms with Crippen LogP contribution in [-0.2, 0) is 9.47 Å². The minimum absolute atomic E-state index is 0.00236. The lowest BCUT2D eigenvalue weighted by Crippen LogP contribution is -2.16. The Morgan fingerprint density at radius 1 is 1.25 bits per heavy atom. The van der Waals surface area contributed by atoms with Gasteiger partial charge in [0.25, 0.3) is 0 Å². The highest BCUT2D eigenvalue weighted by Gasteiger charge is 2.23. The Bertz CT molecular complexity index is 443. The molecule has 6 nitrogen and oxygen atoms in total. The fourth-order valence-electron chi connectivity index (χ4n) is 1.21. The predicted octanol–water partition coefficient (Wildman–Crippen LogP) is 0.545. The van der Waals surface area contributed by atoms with Crippen LogP contribution in [0.2, 0.25) is 0 Å². The highest BCUT2D eigenvalue weighted by atomic mass is 16.5. The number of hydrogen-bond donors (Lipinski definition) is 1. The molecule has 0 aliphatic carbocycles. The summed E-state index contributed by atoms with van der Waals surface area (Å²) in [6.45, 7) is 1.63. The Labute approximate surface area is 92.4 Å². The molecule has 16 heavy (non-hydrogen) atoms. The molecule has 1 aromatic heterocycles. The lowest BCUT2D eigenvalue weighted by molar-refractivity contribution is 0.0555. The summed E-state index contributed by atoms with van der Waals surface area (Å²) in [6, 6.07) is 0. The molecule has 1 aromatic rings. The molecule has 0 bridgehead atoms. The number of aromatic nitrogens is 1. The van der Waals surface area contributed by atoms with Gasteiger partial charge in [0.2, 0.25) is 0 Å². The van der Waals surface area contributed by atoms with Crippen LogP contribution in [0.3, 0.4) is 0 Å². The fraction of sp³-hybridized carbons (Fsp3) is 0.300. The number of methoxy groups -OCH3 is 2. The second-order valence-electron chi connectivity index (χ2n) is 3.03. The van der Waals surface area contributed by atoms with Crippen LogP contribution in [0.1, 0.15) is 26.4 Å². The summed E-state index contributed by atoms with van der Waals surface area (Å²) in [5, 5.41) is 0. The van der Waals surface area contributed by atoms with Gasteiger partial charge in [-0.25, -0.2) is 9.59 Å². The van der Waals surface area contributed by atoms with E-state index in [-0.39, 0.29) is 16.8 Å². The zero-order chi connectivity index (χ0) is 12.3. The van der Waals surface area contributed by atoms with Crippen molar-refractivity contribution in [1.82, 2.24) is 4.98 Å². The summed E-state index contributed by atoms with van der Waals surface area (Å²) in [7, 11) is 2.41. The summed E-state index contributed by atoms with van der Waals surface area (Å²) in [5.41, 5.74) is 6.24. The van der Waals surface area contributed by atoms with Crippen molar-refractivity contribution >= 4 is 17.6 Å². The van der Waals surface area contributed by atoms with Crippen LogP contribution in [0, 0.1) is 6.92 Å². The minimum atomic E-state index is -0.691. The maximum atomic E-state index is 11.5. The molecule has 2 N–H and O–H groups in total. The van der Waals surface area contributed by atoms with Gasteiger partial charge in [-0.05, 0) is 6.92 Å². The average Bonchev–Trinajstić information content (AvgIpc) is 2.30. The molecular weight excluding hydrogens is 212 g/mol. The van der Waals surface area contributed by atoms with E-state index in [1.54, 1.807) is 6.92 Å². The molecule has 0 amide bonds. The number of rotatable bonds is 2. The van der Waals surface area contributed by atoms with Crippen molar-refractivity contribution in [3.05, 3.63) is 23.0 Å². The van der Waals surface area contributed by atoms with Crippen molar-refractivity contribution in [2.24, 2.45) is 0 Å². The summed E-state index contributed by atoms with van der Waals surface area (Å²) < 4.78 is 9.08. The summed E-state index contributed by atoms with van der Waals surface area (Å²) >= 11 is 0. The molecule has 0 spiro atoms. The molecule has 1 rings (SSSR count). The van der Waals surface area contributed by atoms with E-state index < -0.39 is 11.9 Å². The van der Waals surface area contributed by atoms with Crippen molar-refractivity contribution in [2.45, 2.75) is 6.92 Å². The number of ether oxygens (including phenoxy) is 2. The monoisotopic (exact) mass is 224 g/mol. The zero-order valence-corrected chi connectivity index (χ0v) is 9.23. The van der Waals surface area contributed by atoms with Gasteiger partial charge in [0, 0.05) is 6.20 Å². The first kappa shape index (κ1) is 12.0. The molecule has 0 radical (unpaired) electrons. The molecule has 0 unspecified atom stereocenters. The van der Waals surface area contributed by atoms with E-state index in [1.165, 1.54) is 20.4 Å². The molecule has 0 aliphatic heterocycles. The molecule has 6 heteroatoms. The van der Waals surface area contributed by atoms with E-state index in [0.29, 0.717) is 5.69 Å². The van der Waals surface area contributed by atoms with Crippen molar-refractivity contribution < 1.29 is 19.1 Å². The van der Waals surface area contributed by atoms with Crippen LogP contribution in [0.4, 0.5) is 5.69 Å². The van der Waals surface area contributed by atoms with Crippen molar-refractivity contribution in [3.8, 4) is 0 Å². The number of anilines is 1. The van der Waals surface area contributed by atoms with Crippen LogP contribution in [0.15, 0.2) is 6.20 Å². The van der Waals surface area contributed by atoms with E-state index in [2.05, 4.69) is 14.5 Å². The Balaban J connectivity index is 3.44. The molecule has 0 saturated carbocycles. The second-order valence-corrected chi connectivity index (χ2v) is 3.03. The number of nitrogens with zero attached hydrogens (tertiary/aromatic N) is 1. The molecule has 0 fully saturated rings. The van der Waals surface area contributed by atoms with Crippen molar-refractivity contribution in [1.29, 1.82) is 0 Å². The summed E-state index contributed by atoms with van der Waals surface area (Å²) in [5.74, 6) is -1.37. The molecule has 0 aromatic carbocycles. The summed E-state index contributed by atoms with van der Waals surface area (Å²) in [4.78, 5) is 26.8. The van der Waals surface area contributed by atoms with E-state index in [1.807, 2.05) is 0 Å². The van der Waals surface area contributed by atoms with Crippen LogP contribution in [0.5, 0.6) is 0 Å². The predicted molar refractivity (Wildman–Crippen MR) is 56.1 cm³/mol. The number of nitrogens with two attached hydrogens (primary N) is 1. The third kappa shape index (κ3) is 1.95. The van der Waals surface area contributed by atoms with Crippen LogP contribution >= 0.6 is 0 Å². The van der Waals surface area contributed by atoms with Crippen LogP contribution < -0.4 is 5.73 Å². The second kappa shape index (κ2) is 4.61. The Morgan fingerprint density at radius 3 is 2.31 bits per heavy atom. The number of aryl methyl sites for hydroxylation is 1. The van der Waals surface area contributed by atoms with Gasteiger partial charge in [0.1, 0.15) is 5.56 Å². The van der Waals surface area contributed by atoms with Gasteiger partial charge in [0.15, 0.2) is 0 Å². The standard InChI is InChI=1S/C10H12N2O4/c1-5-8(11)7(10(14)16-3)6(4-12-5)9(13)15-2/h4H,11H2,1-3H3. The zero-order valence-electron chi connectivity index (χ0n) is 9.23. The normalized spacial score (nSPS) is 9.69. The number of nitrogen functional groups attached to an aromatic ring is 1. The number of esters is 2. The van der Waals surface area contributed by atoms with Crippen LogP contribution in [-0.4, -0.2) is 31.1 Å². The first-order chi connectivity index (χ1) is 7.52. The molecule has 1 heterocycles. The third-order valence-electron chi connectivity index (χ3n) is 2.11. The van der Waals surface area contributed by atoms with E-state index in [0.717, 1.165) is 0 Å². The molecule has 0 aliphatic rings. The highest BCUT2D eigenvalue weighted by molar-refractivity contribution is 6.06. The number of carbonyl (C=O) groups is 2. The average molecular weight is 224 g/mol. The molecule has 0 atom stereocenters. The molecular formula is C10H12N2O4. The highest BCUT2D eigenvalue weighted by Crippen LogP contribution is 2.20. The van der Waals surface area contributed by atoms with Gasteiger partial charge in [-0.2, -0.15) is 0 Å². The van der Waals surface area contributed by atoms with Crippen molar-refractivity contribution in [2.75, 3.05) is 20.0 Å². The van der Waals surface area contributed by atoms with E-state index >= 15 is 0 Å². The Hall–Kier alpha value is -2.11. The SMILES string of the molecule is COC(=O)c1cnc(C)c(N)c1C(=O)OC. The lowest BCUT2D eigenvalue weighted by Gasteiger charge is -2.10. The van der Waals surface area contributed by atoms with Gasteiger partial charge in [0.05, 0.1) is 31.2 Å². The maximum absolute atomic E-state index is 11.5. The maximum Gasteiger partial charge on any atom is 0.340 e. The smallest absolute Gasteiger partial charge is 0.340 e. The van der Waals surface area contributed by atoms with Crippen molar-refractivity contribution in [3.63, 3.8) is 0 Å². The topological polar surface area (TPSA) is 91.5 Å². The minimum Gasteiger partial charge on any atom is -0.465 e. The first-order valence-electron chi connectivity index (χ1n) is 4.44. The number of hydrogen-bond acceptors (Lipinski definition) is 6. The molecule has 0 saturated heterocycles. The van der Waals surface area contributed by atoms with Crippen LogP contribution in [0.25, 0.3) is 0 Å². The Kier molecular flexibility index (Phi) is 3.44. The van der Waals surface area contributed by atoms with Gasteiger partial charge in [-0.3, -0.25) is 4.98 Å². The number of pyridine rings is 1. The molecule has 86 valence electrons. The third-order valence-corrected chi connectivity index (χ3v) is 2.11. The Morgan fingerprint density at radius 2 is 1.81 bits per heavy atom. The van der Waals surface area contributed by atoms with Gasteiger partial charge in [-0.15, -0.1) is 0 Å². The lowest BCUT2D eigenvalue weighted by atomic mass is 10.1. The first-order valence-corrected chi connectivity index (χ1v) is 4.44. The number of carbonyl (C=O) groups excluding carboxylic acids is 2. The summed E-state index contributed by atoms with van der Waals surface area (Å²) in [6.07, 6.45) is 1.24. The van der Waals surface area contributed by atoms with Gasteiger partial charge >= 0.3 is 11.9 Å². The van der Waals surface area contributed by atoms with Gasteiger partial charge in [-0.1, -0.05) is 0 Å². The quantitative estimate of drug-likeness (QED) is 0.737. The van der Waals surface area contributed by atoms with Gasteiger partial charge < -0.3 is 15.2 Å². The van der Waals surface area contributed by atoms with E-state index in [4.69, 9.17) is 5.73 Å². The fourth-order valence-corrected chi connectivity index (χ4v) is 1.21. The van der Waals surface area contributed by atoms with E-state index in [9.17, 15) is 9.59 Å².